The standard InChI is InChI=1S/C13H19F2N/c1-3-4-5-6-13(16-2)10-7-11(14)9-12(15)8-10/h7-9,13,16H,3-6H2,1-2H3. The molecule has 0 heterocycles. The molecule has 1 unspecified atom stereocenters. The predicted molar refractivity (Wildman–Crippen MR) is 62.3 cm³/mol. The predicted octanol–water partition coefficient (Wildman–Crippen LogP) is 3.81. The Morgan fingerprint density at radius 2 is 1.75 bits per heavy atom. The zero-order chi connectivity index (χ0) is 12.0. The van der Waals surface area contributed by atoms with Crippen molar-refractivity contribution in [2.75, 3.05) is 7.05 Å². The van der Waals surface area contributed by atoms with Crippen molar-refractivity contribution in [3.63, 3.8) is 0 Å². The fourth-order valence-corrected chi connectivity index (χ4v) is 1.85. The summed E-state index contributed by atoms with van der Waals surface area (Å²) in [6.07, 6.45) is 4.28. The van der Waals surface area contributed by atoms with E-state index in [0.717, 1.165) is 31.7 Å². The van der Waals surface area contributed by atoms with Crippen LogP contribution in [0.25, 0.3) is 0 Å². The van der Waals surface area contributed by atoms with E-state index in [2.05, 4.69) is 12.2 Å². The number of nitrogens with one attached hydrogen (secondary N) is 1. The number of unbranched alkanes of at least 4 members (excludes halogenated alkanes) is 2. The first-order valence-corrected chi connectivity index (χ1v) is 5.80. The van der Waals surface area contributed by atoms with E-state index in [4.69, 9.17) is 0 Å². The second kappa shape index (κ2) is 6.59. The fraction of sp³-hybridized carbons (Fsp3) is 0.538. The number of benzene rings is 1. The lowest BCUT2D eigenvalue weighted by atomic mass is 10.0. The molecule has 0 fully saturated rings. The van der Waals surface area contributed by atoms with Gasteiger partial charge in [0.15, 0.2) is 0 Å². The molecule has 0 spiro atoms. The molecule has 0 aromatic heterocycles. The molecule has 1 rings (SSSR count). The number of rotatable bonds is 6. The van der Waals surface area contributed by atoms with Gasteiger partial charge in [-0.1, -0.05) is 26.2 Å². The van der Waals surface area contributed by atoms with Gasteiger partial charge >= 0.3 is 0 Å². The summed E-state index contributed by atoms with van der Waals surface area (Å²) in [6, 6.07) is 3.74. The molecule has 0 amide bonds. The Balaban J connectivity index is 2.70. The van der Waals surface area contributed by atoms with Crippen molar-refractivity contribution in [1.29, 1.82) is 0 Å². The molecule has 0 saturated carbocycles. The van der Waals surface area contributed by atoms with Crippen molar-refractivity contribution in [3.8, 4) is 0 Å². The fourth-order valence-electron chi connectivity index (χ4n) is 1.85. The van der Waals surface area contributed by atoms with E-state index in [9.17, 15) is 8.78 Å². The Kier molecular flexibility index (Phi) is 5.39. The van der Waals surface area contributed by atoms with Gasteiger partial charge in [-0.25, -0.2) is 8.78 Å². The highest BCUT2D eigenvalue weighted by atomic mass is 19.1. The van der Waals surface area contributed by atoms with Crippen molar-refractivity contribution in [2.45, 2.75) is 38.6 Å². The molecule has 0 bridgehead atoms. The monoisotopic (exact) mass is 227 g/mol. The first-order valence-electron chi connectivity index (χ1n) is 5.80. The minimum absolute atomic E-state index is 0.0387. The van der Waals surface area contributed by atoms with Crippen LogP contribution in [0.1, 0.15) is 44.2 Å². The van der Waals surface area contributed by atoms with Crippen LogP contribution in [0.4, 0.5) is 8.78 Å². The topological polar surface area (TPSA) is 12.0 Å². The minimum atomic E-state index is -0.509. The summed E-state index contributed by atoms with van der Waals surface area (Å²) >= 11 is 0. The second-order valence-electron chi connectivity index (χ2n) is 4.04. The highest BCUT2D eigenvalue weighted by Crippen LogP contribution is 2.21. The van der Waals surface area contributed by atoms with E-state index in [1.54, 1.807) is 0 Å². The zero-order valence-electron chi connectivity index (χ0n) is 9.89. The van der Waals surface area contributed by atoms with Gasteiger partial charge in [-0.05, 0) is 31.2 Å². The summed E-state index contributed by atoms with van der Waals surface area (Å²) in [5, 5.41) is 3.10. The van der Waals surface area contributed by atoms with Gasteiger partial charge in [0.05, 0.1) is 0 Å². The second-order valence-corrected chi connectivity index (χ2v) is 4.04. The molecule has 90 valence electrons. The number of halogens is 2. The van der Waals surface area contributed by atoms with Crippen molar-refractivity contribution in [2.24, 2.45) is 0 Å². The molecule has 16 heavy (non-hydrogen) atoms. The summed E-state index contributed by atoms with van der Waals surface area (Å²) in [6.45, 7) is 2.14. The average Bonchev–Trinajstić information content (AvgIpc) is 2.23. The molecule has 0 saturated heterocycles. The summed E-state index contributed by atoms with van der Waals surface area (Å²) in [4.78, 5) is 0. The molecule has 0 aliphatic heterocycles. The van der Waals surface area contributed by atoms with Crippen LogP contribution in [0.5, 0.6) is 0 Å². The van der Waals surface area contributed by atoms with Crippen LogP contribution in [0.15, 0.2) is 18.2 Å². The van der Waals surface area contributed by atoms with E-state index in [0.29, 0.717) is 5.56 Å². The van der Waals surface area contributed by atoms with Gasteiger partial charge in [-0.15, -0.1) is 0 Å². The zero-order valence-corrected chi connectivity index (χ0v) is 9.89. The Morgan fingerprint density at radius 3 is 2.25 bits per heavy atom. The van der Waals surface area contributed by atoms with Crippen molar-refractivity contribution < 1.29 is 8.78 Å². The molecule has 1 N–H and O–H groups in total. The summed E-state index contributed by atoms with van der Waals surface area (Å²) < 4.78 is 26.1. The van der Waals surface area contributed by atoms with Crippen LogP contribution >= 0.6 is 0 Å². The Labute approximate surface area is 95.9 Å². The molecule has 1 nitrogen and oxygen atoms in total. The van der Waals surface area contributed by atoms with Crippen LogP contribution < -0.4 is 5.32 Å². The molecule has 1 atom stereocenters. The first-order chi connectivity index (χ1) is 7.67. The van der Waals surface area contributed by atoms with E-state index >= 15 is 0 Å². The smallest absolute Gasteiger partial charge is 0.126 e. The van der Waals surface area contributed by atoms with Crippen molar-refractivity contribution in [1.82, 2.24) is 5.32 Å². The quantitative estimate of drug-likeness (QED) is 0.729. The van der Waals surface area contributed by atoms with Crippen LogP contribution in [0.2, 0.25) is 0 Å². The van der Waals surface area contributed by atoms with Crippen LogP contribution in [0, 0.1) is 11.6 Å². The van der Waals surface area contributed by atoms with Gasteiger partial charge in [-0.3, -0.25) is 0 Å². The molecule has 1 aromatic carbocycles. The third-order valence-electron chi connectivity index (χ3n) is 2.73. The lowest BCUT2D eigenvalue weighted by Gasteiger charge is -2.16. The van der Waals surface area contributed by atoms with Crippen LogP contribution in [-0.4, -0.2) is 7.05 Å². The maximum absolute atomic E-state index is 13.0. The molecule has 1 aromatic rings. The Hall–Kier alpha value is -0.960. The van der Waals surface area contributed by atoms with Gasteiger partial charge in [0.2, 0.25) is 0 Å². The number of hydrogen-bond acceptors (Lipinski definition) is 1. The van der Waals surface area contributed by atoms with Gasteiger partial charge in [0.1, 0.15) is 11.6 Å². The van der Waals surface area contributed by atoms with Gasteiger partial charge in [0.25, 0.3) is 0 Å². The Morgan fingerprint density at radius 1 is 1.12 bits per heavy atom. The lowest BCUT2D eigenvalue weighted by molar-refractivity contribution is 0.501. The van der Waals surface area contributed by atoms with Gasteiger partial charge in [-0.2, -0.15) is 0 Å². The summed E-state index contributed by atoms with van der Waals surface area (Å²) in [5.41, 5.74) is 0.691. The molecular formula is C13H19F2N. The highest BCUT2D eigenvalue weighted by Gasteiger charge is 2.11. The van der Waals surface area contributed by atoms with E-state index in [1.165, 1.54) is 12.1 Å². The number of hydrogen-bond donors (Lipinski definition) is 1. The summed E-state index contributed by atoms with van der Waals surface area (Å²) in [5.74, 6) is -1.02. The molecule has 0 radical (unpaired) electrons. The third kappa shape index (κ3) is 3.89. The molecule has 3 heteroatoms. The van der Waals surface area contributed by atoms with Crippen molar-refractivity contribution >= 4 is 0 Å². The molecular weight excluding hydrogens is 208 g/mol. The minimum Gasteiger partial charge on any atom is -0.313 e. The normalized spacial score (nSPS) is 12.8. The van der Waals surface area contributed by atoms with E-state index in [-0.39, 0.29) is 6.04 Å². The summed E-state index contributed by atoms with van der Waals surface area (Å²) in [7, 11) is 1.82. The van der Waals surface area contributed by atoms with Crippen molar-refractivity contribution in [3.05, 3.63) is 35.4 Å². The van der Waals surface area contributed by atoms with E-state index in [1.807, 2.05) is 7.05 Å². The largest absolute Gasteiger partial charge is 0.313 e. The van der Waals surface area contributed by atoms with Gasteiger partial charge < -0.3 is 5.32 Å². The Bertz CT molecular complexity index is 305. The van der Waals surface area contributed by atoms with E-state index < -0.39 is 11.6 Å². The molecule has 0 aliphatic carbocycles. The highest BCUT2D eigenvalue weighted by molar-refractivity contribution is 5.21. The maximum atomic E-state index is 13.0. The maximum Gasteiger partial charge on any atom is 0.126 e. The molecule has 0 aliphatic rings. The van der Waals surface area contributed by atoms with Crippen LogP contribution in [0.3, 0.4) is 0 Å². The third-order valence-corrected chi connectivity index (χ3v) is 2.73. The first kappa shape index (κ1) is 13.1. The lowest BCUT2D eigenvalue weighted by Crippen LogP contribution is -2.16. The van der Waals surface area contributed by atoms with Crippen LogP contribution in [-0.2, 0) is 0 Å². The average molecular weight is 227 g/mol. The van der Waals surface area contributed by atoms with Gasteiger partial charge in [0, 0.05) is 12.1 Å². The SMILES string of the molecule is CCCCCC(NC)c1cc(F)cc(F)c1.